The SMILES string of the molecule is CCn1ccnc1N1CCCCC1C(=O)O. The Bertz CT molecular complexity index is 375. The fraction of sp³-hybridized carbons (Fsp3) is 0.636. The Kier molecular flexibility index (Phi) is 3.12. The number of nitrogens with zero attached hydrogens (tertiary/aromatic N) is 3. The smallest absolute Gasteiger partial charge is 0.326 e. The van der Waals surface area contributed by atoms with E-state index in [4.69, 9.17) is 0 Å². The van der Waals surface area contributed by atoms with Crippen molar-refractivity contribution in [3.63, 3.8) is 0 Å². The number of piperidine rings is 1. The number of aryl methyl sites for hydroxylation is 1. The molecule has 1 atom stereocenters. The molecule has 16 heavy (non-hydrogen) atoms. The molecule has 0 aromatic carbocycles. The lowest BCUT2D eigenvalue weighted by Crippen LogP contribution is -2.46. The second-order valence-electron chi connectivity index (χ2n) is 4.06. The van der Waals surface area contributed by atoms with E-state index in [1.54, 1.807) is 6.20 Å². The summed E-state index contributed by atoms with van der Waals surface area (Å²) < 4.78 is 1.99. The first kappa shape index (κ1) is 11.0. The third kappa shape index (κ3) is 1.89. The number of carboxylic acid groups (broad SMARTS) is 1. The summed E-state index contributed by atoms with van der Waals surface area (Å²) in [5.74, 6) is 0.0416. The summed E-state index contributed by atoms with van der Waals surface area (Å²) in [4.78, 5) is 17.4. The molecule has 1 aliphatic rings. The minimum absolute atomic E-state index is 0.415. The van der Waals surface area contributed by atoms with Gasteiger partial charge in [0.2, 0.25) is 5.95 Å². The van der Waals surface area contributed by atoms with E-state index in [0.29, 0.717) is 6.42 Å². The van der Waals surface area contributed by atoms with Gasteiger partial charge in [0.15, 0.2) is 0 Å². The highest BCUT2D eigenvalue weighted by Crippen LogP contribution is 2.23. The van der Waals surface area contributed by atoms with Gasteiger partial charge < -0.3 is 14.6 Å². The molecule has 1 aromatic rings. The number of carboxylic acids is 1. The summed E-state index contributed by atoms with van der Waals surface area (Å²) in [6.45, 7) is 3.64. The van der Waals surface area contributed by atoms with E-state index in [2.05, 4.69) is 4.98 Å². The van der Waals surface area contributed by atoms with E-state index in [-0.39, 0.29) is 0 Å². The predicted octanol–water partition coefficient (Wildman–Crippen LogP) is 1.35. The van der Waals surface area contributed by atoms with Crippen LogP contribution < -0.4 is 4.90 Å². The quantitative estimate of drug-likeness (QED) is 0.840. The number of hydrogen-bond donors (Lipinski definition) is 1. The first-order valence-electron chi connectivity index (χ1n) is 5.74. The van der Waals surface area contributed by atoms with E-state index in [1.807, 2.05) is 22.6 Å². The molecule has 88 valence electrons. The lowest BCUT2D eigenvalue weighted by Gasteiger charge is -2.33. The van der Waals surface area contributed by atoms with Gasteiger partial charge in [-0.1, -0.05) is 0 Å². The zero-order valence-electron chi connectivity index (χ0n) is 9.46. The number of imidazole rings is 1. The van der Waals surface area contributed by atoms with Crippen molar-refractivity contribution >= 4 is 11.9 Å². The van der Waals surface area contributed by atoms with E-state index < -0.39 is 12.0 Å². The summed E-state index contributed by atoms with van der Waals surface area (Å²) in [5.41, 5.74) is 0. The average molecular weight is 223 g/mol. The fourth-order valence-corrected chi connectivity index (χ4v) is 2.23. The Morgan fingerprint density at radius 3 is 3.12 bits per heavy atom. The molecule has 0 amide bonds. The molecule has 0 aliphatic carbocycles. The molecule has 1 unspecified atom stereocenters. The molecule has 5 nitrogen and oxygen atoms in total. The highest BCUT2D eigenvalue weighted by molar-refractivity contribution is 5.77. The summed E-state index contributed by atoms with van der Waals surface area (Å²) in [7, 11) is 0. The molecule has 1 saturated heterocycles. The summed E-state index contributed by atoms with van der Waals surface area (Å²) >= 11 is 0. The van der Waals surface area contributed by atoms with Crippen molar-refractivity contribution < 1.29 is 9.90 Å². The minimum atomic E-state index is -0.745. The minimum Gasteiger partial charge on any atom is -0.480 e. The van der Waals surface area contributed by atoms with Crippen LogP contribution in [0.4, 0.5) is 5.95 Å². The lowest BCUT2D eigenvalue weighted by molar-refractivity contribution is -0.139. The van der Waals surface area contributed by atoms with Crippen molar-refractivity contribution in [3.05, 3.63) is 12.4 Å². The van der Waals surface area contributed by atoms with Gasteiger partial charge >= 0.3 is 5.97 Å². The number of hydrogen-bond acceptors (Lipinski definition) is 3. The lowest BCUT2D eigenvalue weighted by atomic mass is 10.0. The zero-order chi connectivity index (χ0) is 11.5. The largest absolute Gasteiger partial charge is 0.480 e. The Morgan fingerprint density at radius 2 is 2.44 bits per heavy atom. The zero-order valence-corrected chi connectivity index (χ0v) is 9.46. The molecule has 2 rings (SSSR count). The van der Waals surface area contributed by atoms with Crippen molar-refractivity contribution in [2.24, 2.45) is 0 Å². The average Bonchev–Trinajstić information content (AvgIpc) is 2.76. The van der Waals surface area contributed by atoms with Gasteiger partial charge in [0.1, 0.15) is 6.04 Å². The van der Waals surface area contributed by atoms with Crippen LogP contribution in [0, 0.1) is 0 Å². The van der Waals surface area contributed by atoms with Crippen molar-refractivity contribution in [3.8, 4) is 0 Å². The van der Waals surface area contributed by atoms with Gasteiger partial charge in [-0.25, -0.2) is 9.78 Å². The molecule has 1 N–H and O–H groups in total. The topological polar surface area (TPSA) is 58.4 Å². The number of carbonyl (C=O) groups is 1. The molecule has 1 fully saturated rings. The summed E-state index contributed by atoms with van der Waals surface area (Å²) in [6, 6.07) is -0.415. The maximum atomic E-state index is 11.2. The van der Waals surface area contributed by atoms with Gasteiger partial charge in [0.05, 0.1) is 0 Å². The standard InChI is InChI=1S/C11H17N3O2/c1-2-13-8-6-12-11(13)14-7-4-3-5-9(14)10(15)16/h6,8-9H,2-5,7H2,1H3,(H,15,16). The fourth-order valence-electron chi connectivity index (χ4n) is 2.23. The molecule has 0 radical (unpaired) electrons. The Morgan fingerprint density at radius 1 is 1.62 bits per heavy atom. The molecule has 1 aliphatic heterocycles. The molecule has 0 spiro atoms. The molecule has 5 heteroatoms. The van der Waals surface area contributed by atoms with Crippen molar-refractivity contribution in [1.82, 2.24) is 9.55 Å². The molecule has 0 saturated carbocycles. The van der Waals surface area contributed by atoms with Crippen LogP contribution in [0.2, 0.25) is 0 Å². The van der Waals surface area contributed by atoms with Crippen LogP contribution in [0.25, 0.3) is 0 Å². The van der Waals surface area contributed by atoms with Crippen molar-refractivity contribution in [1.29, 1.82) is 0 Å². The highest BCUT2D eigenvalue weighted by atomic mass is 16.4. The maximum absolute atomic E-state index is 11.2. The molecular weight excluding hydrogens is 206 g/mol. The summed E-state index contributed by atoms with van der Waals surface area (Å²) in [6.07, 6.45) is 6.36. The van der Waals surface area contributed by atoms with E-state index in [1.165, 1.54) is 0 Å². The first-order valence-corrected chi connectivity index (χ1v) is 5.74. The third-order valence-corrected chi connectivity index (χ3v) is 3.08. The third-order valence-electron chi connectivity index (χ3n) is 3.08. The van der Waals surface area contributed by atoms with Crippen molar-refractivity contribution in [2.45, 2.75) is 38.8 Å². The maximum Gasteiger partial charge on any atom is 0.326 e. The van der Waals surface area contributed by atoms with Crippen LogP contribution in [-0.2, 0) is 11.3 Å². The molecule has 1 aromatic heterocycles. The van der Waals surface area contributed by atoms with Gasteiger partial charge in [-0.3, -0.25) is 0 Å². The van der Waals surface area contributed by atoms with Crippen LogP contribution in [0.5, 0.6) is 0 Å². The van der Waals surface area contributed by atoms with Gasteiger partial charge in [0.25, 0.3) is 0 Å². The normalized spacial score (nSPS) is 21.1. The Labute approximate surface area is 94.7 Å². The second kappa shape index (κ2) is 4.55. The summed E-state index contributed by atoms with van der Waals surface area (Å²) in [5, 5.41) is 9.19. The first-order chi connectivity index (χ1) is 7.74. The van der Waals surface area contributed by atoms with Crippen LogP contribution in [0.3, 0.4) is 0 Å². The van der Waals surface area contributed by atoms with Crippen LogP contribution >= 0.6 is 0 Å². The van der Waals surface area contributed by atoms with Crippen molar-refractivity contribution in [2.75, 3.05) is 11.4 Å². The van der Waals surface area contributed by atoms with Crippen LogP contribution in [0.1, 0.15) is 26.2 Å². The predicted molar refractivity (Wildman–Crippen MR) is 60.5 cm³/mol. The molecule has 2 heterocycles. The van der Waals surface area contributed by atoms with Gasteiger partial charge in [0, 0.05) is 25.5 Å². The number of aliphatic carboxylic acids is 1. The van der Waals surface area contributed by atoms with E-state index in [9.17, 15) is 9.90 Å². The number of anilines is 1. The van der Waals surface area contributed by atoms with Gasteiger partial charge in [-0.05, 0) is 26.2 Å². The number of rotatable bonds is 3. The molecule has 0 bridgehead atoms. The second-order valence-corrected chi connectivity index (χ2v) is 4.06. The number of aromatic nitrogens is 2. The van der Waals surface area contributed by atoms with Gasteiger partial charge in [-0.15, -0.1) is 0 Å². The Hall–Kier alpha value is -1.52. The Balaban J connectivity index is 2.26. The van der Waals surface area contributed by atoms with Crippen LogP contribution in [0.15, 0.2) is 12.4 Å². The molecular formula is C11H17N3O2. The highest BCUT2D eigenvalue weighted by Gasteiger charge is 2.30. The van der Waals surface area contributed by atoms with E-state index >= 15 is 0 Å². The monoisotopic (exact) mass is 223 g/mol. The van der Waals surface area contributed by atoms with E-state index in [0.717, 1.165) is 31.9 Å². The van der Waals surface area contributed by atoms with Crippen LogP contribution in [-0.4, -0.2) is 33.2 Å². The van der Waals surface area contributed by atoms with Gasteiger partial charge in [-0.2, -0.15) is 0 Å².